The monoisotopic (exact) mass is 154 g/mol. The zero-order valence-electron chi connectivity index (χ0n) is 6.48. The Bertz CT molecular complexity index is 304. The molecule has 1 heterocycles. The molecule has 0 unspecified atom stereocenters. The molecule has 0 aliphatic heterocycles. The lowest BCUT2D eigenvalue weighted by Gasteiger charge is -2.02. The zero-order chi connectivity index (χ0) is 8.43. The summed E-state index contributed by atoms with van der Waals surface area (Å²) in [5.74, 6) is 0.212. The average molecular weight is 154 g/mol. The highest BCUT2D eigenvalue weighted by atomic mass is 16.5. The second-order valence-corrected chi connectivity index (χ2v) is 2.63. The summed E-state index contributed by atoms with van der Waals surface area (Å²) >= 11 is 0. The Morgan fingerprint density at radius 3 is 2.73 bits per heavy atom. The van der Waals surface area contributed by atoms with Crippen molar-refractivity contribution in [3.05, 3.63) is 28.4 Å². The summed E-state index contributed by atoms with van der Waals surface area (Å²) in [5.41, 5.74) is 0.0662. The van der Waals surface area contributed by atoms with Crippen LogP contribution in [0.5, 0.6) is 0 Å². The van der Waals surface area contributed by atoms with E-state index in [0.29, 0.717) is 10.4 Å². The fourth-order valence-corrected chi connectivity index (χ4v) is 0.731. The number of hydrogen-bond donors (Lipinski definition) is 1. The predicted octanol–water partition coefficient (Wildman–Crippen LogP) is 0.604. The van der Waals surface area contributed by atoms with E-state index in [1.165, 1.54) is 6.20 Å². The molecular weight excluding hydrogens is 144 g/mol. The quantitative estimate of drug-likeness (QED) is 0.603. The Labute approximate surface area is 64.1 Å². The summed E-state index contributed by atoms with van der Waals surface area (Å²) in [4.78, 5) is 14.4. The van der Waals surface area contributed by atoms with Crippen molar-refractivity contribution in [1.29, 1.82) is 0 Å². The van der Waals surface area contributed by atoms with Crippen molar-refractivity contribution < 1.29 is 5.21 Å². The Morgan fingerprint density at radius 2 is 2.27 bits per heavy atom. The summed E-state index contributed by atoms with van der Waals surface area (Å²) in [7, 11) is 0. The number of nitrogens with zero attached hydrogens (tertiary/aromatic N) is 2. The summed E-state index contributed by atoms with van der Waals surface area (Å²) < 4.78 is 0.464. The van der Waals surface area contributed by atoms with E-state index in [4.69, 9.17) is 5.21 Å². The van der Waals surface area contributed by atoms with Crippen LogP contribution in [-0.4, -0.2) is 14.9 Å². The van der Waals surface area contributed by atoms with Crippen molar-refractivity contribution in [2.45, 2.75) is 19.8 Å². The molecule has 4 heteroatoms. The summed E-state index contributed by atoms with van der Waals surface area (Å²) in [5, 5.41) is 8.77. The van der Waals surface area contributed by atoms with Gasteiger partial charge >= 0.3 is 5.69 Å². The third-order valence-electron chi connectivity index (χ3n) is 1.40. The van der Waals surface area contributed by atoms with Gasteiger partial charge in [-0.05, 0) is 12.0 Å². The van der Waals surface area contributed by atoms with Crippen LogP contribution in [0.15, 0.2) is 17.1 Å². The predicted molar refractivity (Wildman–Crippen MR) is 39.8 cm³/mol. The molecule has 0 radical (unpaired) electrons. The molecule has 0 aliphatic rings. The third-order valence-corrected chi connectivity index (χ3v) is 1.40. The maximum absolute atomic E-state index is 10.7. The lowest BCUT2D eigenvalue weighted by Crippen LogP contribution is -2.21. The van der Waals surface area contributed by atoms with Crippen LogP contribution in [0.1, 0.15) is 25.5 Å². The largest absolute Gasteiger partial charge is 0.424 e. The van der Waals surface area contributed by atoms with Crippen molar-refractivity contribution in [3.8, 4) is 0 Å². The second kappa shape index (κ2) is 2.74. The van der Waals surface area contributed by atoms with Crippen molar-refractivity contribution in [3.63, 3.8) is 0 Å². The highest BCUT2D eigenvalue weighted by molar-refractivity contribution is 5.02. The fraction of sp³-hybridized carbons (Fsp3) is 0.429. The SMILES string of the molecule is CC(C)c1ccn(O)c(=O)n1. The molecule has 0 atom stereocenters. The first kappa shape index (κ1) is 7.78. The molecule has 1 N–H and O–H groups in total. The standard InChI is InChI=1S/C7H10N2O2/c1-5(2)6-3-4-9(11)7(10)8-6/h3-5,11H,1-2H3. The van der Waals surface area contributed by atoms with E-state index in [0.717, 1.165) is 0 Å². The van der Waals surface area contributed by atoms with E-state index < -0.39 is 5.69 Å². The van der Waals surface area contributed by atoms with Crippen LogP contribution in [0, 0.1) is 0 Å². The molecule has 0 saturated heterocycles. The van der Waals surface area contributed by atoms with Gasteiger partial charge in [0.25, 0.3) is 0 Å². The molecule has 1 aromatic rings. The van der Waals surface area contributed by atoms with E-state index in [1.807, 2.05) is 13.8 Å². The summed E-state index contributed by atoms with van der Waals surface area (Å²) in [6.45, 7) is 3.87. The Balaban J connectivity index is 3.16. The topological polar surface area (TPSA) is 55.1 Å². The molecule has 0 saturated carbocycles. The fourth-order valence-electron chi connectivity index (χ4n) is 0.731. The molecule has 0 spiro atoms. The van der Waals surface area contributed by atoms with E-state index in [1.54, 1.807) is 6.07 Å². The maximum Gasteiger partial charge on any atom is 0.380 e. The highest BCUT2D eigenvalue weighted by Crippen LogP contribution is 2.06. The highest BCUT2D eigenvalue weighted by Gasteiger charge is 2.01. The molecular formula is C7H10N2O2. The third kappa shape index (κ3) is 1.58. The van der Waals surface area contributed by atoms with Gasteiger partial charge in [-0.1, -0.05) is 13.8 Å². The van der Waals surface area contributed by atoms with Gasteiger partial charge in [0, 0.05) is 0 Å². The minimum Gasteiger partial charge on any atom is -0.424 e. The minimum absolute atomic E-state index is 0.212. The molecule has 0 amide bonds. The minimum atomic E-state index is -0.629. The molecule has 60 valence electrons. The first-order valence-corrected chi connectivity index (χ1v) is 3.40. The van der Waals surface area contributed by atoms with Gasteiger partial charge in [-0.15, -0.1) is 4.73 Å². The van der Waals surface area contributed by atoms with Crippen LogP contribution in [0.4, 0.5) is 0 Å². The number of aromatic nitrogens is 2. The maximum atomic E-state index is 10.7. The molecule has 4 nitrogen and oxygen atoms in total. The van der Waals surface area contributed by atoms with E-state index in [2.05, 4.69) is 4.98 Å². The molecule has 11 heavy (non-hydrogen) atoms. The number of hydrogen-bond acceptors (Lipinski definition) is 3. The van der Waals surface area contributed by atoms with Crippen molar-refractivity contribution in [2.75, 3.05) is 0 Å². The van der Waals surface area contributed by atoms with Gasteiger partial charge in [-0.25, -0.2) is 4.79 Å². The second-order valence-electron chi connectivity index (χ2n) is 2.63. The van der Waals surface area contributed by atoms with E-state index in [-0.39, 0.29) is 5.92 Å². The Hall–Kier alpha value is -1.32. The van der Waals surface area contributed by atoms with E-state index >= 15 is 0 Å². The van der Waals surface area contributed by atoms with Gasteiger partial charge in [-0.2, -0.15) is 4.98 Å². The lowest BCUT2D eigenvalue weighted by molar-refractivity contribution is 0.169. The van der Waals surface area contributed by atoms with Gasteiger partial charge in [0.2, 0.25) is 0 Å². The molecule has 1 rings (SSSR count). The first-order valence-electron chi connectivity index (χ1n) is 3.40. The van der Waals surface area contributed by atoms with Crippen LogP contribution >= 0.6 is 0 Å². The number of rotatable bonds is 1. The van der Waals surface area contributed by atoms with Crippen molar-refractivity contribution >= 4 is 0 Å². The van der Waals surface area contributed by atoms with Crippen LogP contribution in [0.25, 0.3) is 0 Å². The molecule has 0 fully saturated rings. The first-order chi connectivity index (χ1) is 5.11. The molecule has 0 aromatic carbocycles. The van der Waals surface area contributed by atoms with Crippen LogP contribution < -0.4 is 5.69 Å². The lowest BCUT2D eigenvalue weighted by atomic mass is 10.1. The van der Waals surface area contributed by atoms with Gasteiger partial charge < -0.3 is 5.21 Å². The summed E-state index contributed by atoms with van der Waals surface area (Å²) in [6, 6.07) is 1.62. The van der Waals surface area contributed by atoms with Crippen LogP contribution in [0.3, 0.4) is 0 Å². The van der Waals surface area contributed by atoms with E-state index in [9.17, 15) is 4.79 Å². The van der Waals surface area contributed by atoms with Gasteiger partial charge in [0.05, 0.1) is 11.9 Å². The van der Waals surface area contributed by atoms with Gasteiger partial charge in [-0.3, -0.25) is 0 Å². The van der Waals surface area contributed by atoms with Gasteiger partial charge in [0.15, 0.2) is 0 Å². The average Bonchev–Trinajstić information content (AvgIpc) is 1.94. The molecule has 1 aromatic heterocycles. The van der Waals surface area contributed by atoms with Crippen molar-refractivity contribution in [1.82, 2.24) is 9.71 Å². The smallest absolute Gasteiger partial charge is 0.380 e. The Morgan fingerprint density at radius 1 is 1.64 bits per heavy atom. The van der Waals surface area contributed by atoms with Crippen LogP contribution in [-0.2, 0) is 0 Å². The van der Waals surface area contributed by atoms with Crippen LogP contribution in [0.2, 0.25) is 0 Å². The molecule has 0 aliphatic carbocycles. The Kier molecular flexibility index (Phi) is 1.94. The normalized spacial score (nSPS) is 10.5. The van der Waals surface area contributed by atoms with Gasteiger partial charge in [0.1, 0.15) is 0 Å². The van der Waals surface area contributed by atoms with Crippen molar-refractivity contribution in [2.24, 2.45) is 0 Å². The summed E-state index contributed by atoms with van der Waals surface area (Å²) in [6.07, 6.45) is 1.30. The zero-order valence-corrected chi connectivity index (χ0v) is 6.48. The molecule has 0 bridgehead atoms.